The molecule has 0 unspecified atom stereocenters. The Kier molecular flexibility index (Phi) is 4.44. The predicted molar refractivity (Wildman–Crippen MR) is 105 cm³/mol. The second-order valence-electron chi connectivity index (χ2n) is 7.13. The van der Waals surface area contributed by atoms with Gasteiger partial charge in [0, 0.05) is 17.8 Å². The second-order valence-corrected chi connectivity index (χ2v) is 7.13. The molecule has 1 atom stereocenters. The summed E-state index contributed by atoms with van der Waals surface area (Å²) in [6.07, 6.45) is 5.48. The number of fused-ring (bicyclic) bond motifs is 1. The summed E-state index contributed by atoms with van der Waals surface area (Å²) in [4.78, 5) is 21.8. The van der Waals surface area contributed by atoms with E-state index in [0.29, 0.717) is 12.4 Å². The van der Waals surface area contributed by atoms with Gasteiger partial charge in [0.2, 0.25) is 0 Å². The molecule has 136 valence electrons. The number of carbonyl (C=O) groups excluding carboxylic acids is 1. The minimum atomic E-state index is 0.144. The van der Waals surface area contributed by atoms with Crippen molar-refractivity contribution in [2.24, 2.45) is 5.92 Å². The third kappa shape index (κ3) is 3.45. The Morgan fingerprint density at radius 2 is 1.74 bits per heavy atom. The van der Waals surface area contributed by atoms with Crippen LogP contribution in [0, 0.1) is 26.7 Å². The summed E-state index contributed by atoms with van der Waals surface area (Å²) in [5.41, 5.74) is 5.32. The Balaban J connectivity index is 1.71. The highest BCUT2D eigenvalue weighted by molar-refractivity contribution is 5.99. The average molecular weight is 358 g/mol. The number of rotatable bonds is 3. The highest BCUT2D eigenvalue weighted by Crippen LogP contribution is 2.30. The normalized spacial score (nSPS) is 16.7. The van der Waals surface area contributed by atoms with E-state index in [1.165, 1.54) is 0 Å². The summed E-state index contributed by atoms with van der Waals surface area (Å²) in [7, 11) is 0. The highest BCUT2D eigenvalue weighted by atomic mass is 16.1. The summed E-state index contributed by atoms with van der Waals surface area (Å²) < 4.78 is 1.76. The molecule has 2 aromatic heterocycles. The van der Waals surface area contributed by atoms with Gasteiger partial charge in [0.05, 0.1) is 17.0 Å². The van der Waals surface area contributed by atoms with Gasteiger partial charge in [0.15, 0.2) is 5.78 Å². The van der Waals surface area contributed by atoms with E-state index in [9.17, 15) is 4.79 Å². The van der Waals surface area contributed by atoms with Gasteiger partial charge in [-0.1, -0.05) is 42.5 Å². The van der Waals surface area contributed by atoms with E-state index in [0.717, 1.165) is 40.3 Å². The molecule has 0 N–H and O–H groups in total. The molecular formula is C22H22N4O. The van der Waals surface area contributed by atoms with E-state index in [4.69, 9.17) is 0 Å². The summed E-state index contributed by atoms with van der Waals surface area (Å²) in [6.45, 7) is 5.77. The minimum Gasteiger partial charge on any atom is -0.294 e. The molecule has 1 aliphatic rings. The van der Waals surface area contributed by atoms with Gasteiger partial charge in [-0.2, -0.15) is 5.10 Å². The van der Waals surface area contributed by atoms with Crippen LogP contribution >= 0.6 is 0 Å². The number of hydrogen-bond acceptors (Lipinski definition) is 4. The summed E-state index contributed by atoms with van der Waals surface area (Å²) >= 11 is 0. The molecule has 0 radical (unpaired) electrons. The van der Waals surface area contributed by atoms with Crippen LogP contribution in [0.2, 0.25) is 0 Å². The SMILES string of the molecule is Cc1cc(C)nc(-n2nc(C)c3c2C[C@@H](/C=C/c2ccccc2)CC3=O)n1. The van der Waals surface area contributed by atoms with Crippen molar-refractivity contribution in [2.75, 3.05) is 0 Å². The van der Waals surface area contributed by atoms with E-state index >= 15 is 0 Å². The van der Waals surface area contributed by atoms with Gasteiger partial charge in [-0.15, -0.1) is 0 Å². The van der Waals surface area contributed by atoms with Crippen molar-refractivity contribution in [3.63, 3.8) is 0 Å². The van der Waals surface area contributed by atoms with E-state index in [1.54, 1.807) is 4.68 Å². The number of Topliss-reactive ketones (excluding diaryl/α,β-unsaturated/α-hetero) is 1. The fraction of sp³-hybridized carbons (Fsp3) is 0.273. The maximum absolute atomic E-state index is 12.8. The quantitative estimate of drug-likeness (QED) is 0.709. The molecule has 3 aromatic rings. The first-order valence-electron chi connectivity index (χ1n) is 9.19. The van der Waals surface area contributed by atoms with Crippen LogP contribution in [0.25, 0.3) is 12.0 Å². The molecule has 1 aromatic carbocycles. The fourth-order valence-corrected chi connectivity index (χ4v) is 3.70. The number of benzene rings is 1. The molecule has 0 fully saturated rings. The summed E-state index contributed by atoms with van der Waals surface area (Å²) in [6, 6.07) is 12.1. The molecule has 4 rings (SSSR count). The summed E-state index contributed by atoms with van der Waals surface area (Å²) in [5.74, 6) is 0.829. The predicted octanol–water partition coefficient (Wildman–Crippen LogP) is 4.05. The smallest absolute Gasteiger partial charge is 0.251 e. The van der Waals surface area contributed by atoms with Crippen molar-refractivity contribution in [1.29, 1.82) is 0 Å². The van der Waals surface area contributed by atoms with Crippen LogP contribution < -0.4 is 0 Å². The molecule has 0 amide bonds. The number of nitrogens with zero attached hydrogens (tertiary/aromatic N) is 4. The Morgan fingerprint density at radius 1 is 1.04 bits per heavy atom. The zero-order valence-electron chi connectivity index (χ0n) is 15.8. The lowest BCUT2D eigenvalue weighted by Crippen LogP contribution is -2.21. The number of aromatic nitrogens is 4. The monoisotopic (exact) mass is 358 g/mol. The molecule has 27 heavy (non-hydrogen) atoms. The van der Waals surface area contributed by atoms with Crippen LogP contribution in [0.15, 0.2) is 42.5 Å². The maximum Gasteiger partial charge on any atom is 0.251 e. The van der Waals surface area contributed by atoms with Gasteiger partial charge >= 0.3 is 0 Å². The molecule has 2 heterocycles. The van der Waals surface area contributed by atoms with E-state index in [1.807, 2.05) is 45.0 Å². The van der Waals surface area contributed by atoms with Gasteiger partial charge in [-0.25, -0.2) is 14.6 Å². The highest BCUT2D eigenvalue weighted by Gasteiger charge is 2.31. The van der Waals surface area contributed by atoms with Crippen molar-refractivity contribution in [2.45, 2.75) is 33.6 Å². The van der Waals surface area contributed by atoms with E-state index < -0.39 is 0 Å². The van der Waals surface area contributed by atoms with E-state index in [-0.39, 0.29) is 11.7 Å². The lowest BCUT2D eigenvalue weighted by Gasteiger charge is -2.20. The second kappa shape index (κ2) is 6.91. The fourth-order valence-electron chi connectivity index (χ4n) is 3.70. The molecule has 5 nitrogen and oxygen atoms in total. The van der Waals surface area contributed by atoms with Crippen molar-refractivity contribution in [3.8, 4) is 5.95 Å². The van der Waals surface area contributed by atoms with Gasteiger partial charge in [0.1, 0.15) is 0 Å². The molecule has 0 aliphatic heterocycles. The lowest BCUT2D eigenvalue weighted by molar-refractivity contribution is 0.0958. The van der Waals surface area contributed by atoms with Crippen LogP contribution in [-0.2, 0) is 6.42 Å². The largest absolute Gasteiger partial charge is 0.294 e. The van der Waals surface area contributed by atoms with Gasteiger partial charge in [0.25, 0.3) is 5.95 Å². The van der Waals surface area contributed by atoms with Crippen LogP contribution in [0.3, 0.4) is 0 Å². The standard InChI is InChI=1S/C22H22N4O/c1-14-11-15(2)24-22(23-14)26-19-12-18(10-9-17-7-5-4-6-8-17)13-20(27)21(19)16(3)25-26/h4-11,18H,12-13H2,1-3H3/b10-9+/t18-/m1/s1. The topological polar surface area (TPSA) is 60.7 Å². The molecule has 1 aliphatic carbocycles. The maximum atomic E-state index is 12.8. The molecule has 0 saturated carbocycles. The first kappa shape index (κ1) is 17.3. The Morgan fingerprint density at radius 3 is 2.44 bits per heavy atom. The number of allylic oxidation sites excluding steroid dienone is 1. The van der Waals surface area contributed by atoms with Gasteiger partial charge < -0.3 is 0 Å². The number of aryl methyl sites for hydroxylation is 3. The van der Waals surface area contributed by atoms with Crippen molar-refractivity contribution >= 4 is 11.9 Å². The minimum absolute atomic E-state index is 0.144. The molecule has 0 spiro atoms. The van der Waals surface area contributed by atoms with Crippen LogP contribution in [0.1, 0.15) is 45.1 Å². The molecular weight excluding hydrogens is 336 g/mol. The van der Waals surface area contributed by atoms with Gasteiger partial charge in [-0.3, -0.25) is 4.79 Å². The number of hydrogen-bond donors (Lipinski definition) is 0. The summed E-state index contributed by atoms with van der Waals surface area (Å²) in [5, 5.41) is 4.59. The zero-order chi connectivity index (χ0) is 19.0. The Hall–Kier alpha value is -3.08. The lowest BCUT2D eigenvalue weighted by atomic mass is 9.85. The molecule has 5 heteroatoms. The van der Waals surface area contributed by atoms with Gasteiger partial charge in [-0.05, 0) is 44.7 Å². The number of carbonyl (C=O) groups is 1. The van der Waals surface area contributed by atoms with E-state index in [2.05, 4.69) is 39.4 Å². The van der Waals surface area contributed by atoms with Crippen molar-refractivity contribution < 1.29 is 4.79 Å². The average Bonchev–Trinajstić information content (AvgIpc) is 2.97. The van der Waals surface area contributed by atoms with Crippen LogP contribution in [-0.4, -0.2) is 25.5 Å². The first-order chi connectivity index (χ1) is 13.0. The van der Waals surface area contributed by atoms with Crippen LogP contribution in [0.4, 0.5) is 0 Å². The van der Waals surface area contributed by atoms with Crippen molar-refractivity contribution in [3.05, 3.63) is 76.4 Å². The molecule has 0 bridgehead atoms. The zero-order valence-corrected chi connectivity index (χ0v) is 15.8. The molecule has 0 saturated heterocycles. The third-order valence-corrected chi connectivity index (χ3v) is 4.86. The Labute approximate surface area is 158 Å². The van der Waals surface area contributed by atoms with Crippen LogP contribution in [0.5, 0.6) is 0 Å². The Bertz CT molecular complexity index is 1010. The van der Waals surface area contributed by atoms with Crippen molar-refractivity contribution in [1.82, 2.24) is 19.7 Å². The first-order valence-corrected chi connectivity index (χ1v) is 9.19. The number of ketones is 1. The third-order valence-electron chi connectivity index (χ3n) is 4.86.